The molecule has 0 unspecified atom stereocenters. The molecule has 2 aromatic rings. The van der Waals surface area contributed by atoms with Crippen LogP contribution >= 0.6 is 0 Å². The van der Waals surface area contributed by atoms with Crippen molar-refractivity contribution in [2.24, 2.45) is 0 Å². The minimum Gasteiger partial charge on any atom is -0.378 e. The quantitative estimate of drug-likeness (QED) is 0.651. The first-order chi connectivity index (χ1) is 15.0. The molecular weight excluding hydrogens is 392 g/mol. The van der Waals surface area contributed by atoms with Crippen LogP contribution in [0.15, 0.2) is 48.5 Å². The van der Waals surface area contributed by atoms with Crippen molar-refractivity contribution in [2.75, 3.05) is 45.2 Å². The van der Waals surface area contributed by atoms with E-state index in [0.29, 0.717) is 17.7 Å². The number of hydrogen-bond acceptors (Lipinski definition) is 4. The van der Waals surface area contributed by atoms with Crippen molar-refractivity contribution < 1.29 is 19.3 Å². The number of nitrogens with zero attached hydrogens (tertiary/aromatic N) is 2. The number of anilines is 1. The second-order valence-electron chi connectivity index (χ2n) is 8.45. The molecule has 2 N–H and O–H groups in total. The van der Waals surface area contributed by atoms with E-state index in [2.05, 4.69) is 34.5 Å². The maximum atomic E-state index is 12.7. The van der Waals surface area contributed by atoms with Gasteiger partial charge in [-0.25, -0.2) is 0 Å². The number of benzene rings is 2. The first kappa shape index (κ1) is 21.1. The summed E-state index contributed by atoms with van der Waals surface area (Å²) in [6.45, 7) is 2.37. The smallest absolute Gasteiger partial charge is 0.262 e. The van der Waals surface area contributed by atoms with Gasteiger partial charge in [0, 0.05) is 38.2 Å². The van der Waals surface area contributed by atoms with Crippen molar-refractivity contribution in [3.8, 4) is 0 Å². The number of fused-ring (bicyclic) bond motifs is 1. The van der Waals surface area contributed by atoms with Crippen LogP contribution in [0.25, 0.3) is 0 Å². The number of imide groups is 1. The van der Waals surface area contributed by atoms with Gasteiger partial charge in [0.05, 0.1) is 30.8 Å². The Morgan fingerprint density at radius 1 is 1.00 bits per heavy atom. The summed E-state index contributed by atoms with van der Waals surface area (Å²) in [7, 11) is 4.02. The fourth-order valence-electron chi connectivity index (χ4n) is 4.48. The lowest BCUT2D eigenvalue weighted by Crippen LogP contribution is -3.11. The van der Waals surface area contributed by atoms with Gasteiger partial charge in [0.15, 0.2) is 0 Å². The van der Waals surface area contributed by atoms with Crippen LogP contribution < -0.4 is 15.1 Å². The molecule has 2 aliphatic rings. The highest BCUT2D eigenvalue weighted by Crippen LogP contribution is 2.22. The fraction of sp³-hybridized carbons (Fsp3) is 0.375. The fourth-order valence-corrected chi connectivity index (χ4v) is 4.48. The van der Waals surface area contributed by atoms with Crippen LogP contribution in [-0.4, -0.2) is 62.9 Å². The number of amides is 3. The van der Waals surface area contributed by atoms with Gasteiger partial charge in [-0.15, -0.1) is 0 Å². The second kappa shape index (κ2) is 8.89. The van der Waals surface area contributed by atoms with E-state index in [0.717, 1.165) is 23.7 Å². The van der Waals surface area contributed by atoms with E-state index in [1.807, 2.05) is 14.1 Å². The number of hydrogen-bond donors (Lipinski definition) is 2. The Bertz CT molecular complexity index is 946. The summed E-state index contributed by atoms with van der Waals surface area (Å²) in [5, 5.41) is 2.97. The Kier molecular flexibility index (Phi) is 6.04. The number of quaternary nitrogens is 1. The summed E-state index contributed by atoms with van der Waals surface area (Å²) < 4.78 is 0. The molecule has 2 aromatic carbocycles. The Labute approximate surface area is 182 Å². The molecule has 3 amide bonds. The molecule has 7 heteroatoms. The molecule has 2 heterocycles. The molecule has 1 atom stereocenters. The van der Waals surface area contributed by atoms with Gasteiger partial charge < -0.3 is 15.1 Å². The summed E-state index contributed by atoms with van der Waals surface area (Å²) in [6.07, 6.45) is 2.37. The first-order valence-electron chi connectivity index (χ1n) is 10.8. The minimum atomic E-state index is -0.406. The van der Waals surface area contributed by atoms with Gasteiger partial charge in [-0.1, -0.05) is 24.3 Å². The summed E-state index contributed by atoms with van der Waals surface area (Å²) in [6, 6.07) is 15.3. The van der Waals surface area contributed by atoms with Crippen LogP contribution in [0.5, 0.6) is 0 Å². The van der Waals surface area contributed by atoms with Gasteiger partial charge in [-0.3, -0.25) is 19.3 Å². The van der Waals surface area contributed by atoms with Crippen LogP contribution in [0, 0.1) is 0 Å². The molecular formula is C24H29N4O3+. The zero-order valence-corrected chi connectivity index (χ0v) is 18.1. The Morgan fingerprint density at radius 2 is 1.58 bits per heavy atom. The van der Waals surface area contributed by atoms with Crippen LogP contribution in [0.4, 0.5) is 5.69 Å². The van der Waals surface area contributed by atoms with E-state index in [1.54, 1.807) is 24.3 Å². The average molecular weight is 422 g/mol. The molecule has 0 aliphatic carbocycles. The molecule has 4 rings (SSSR count). The molecule has 31 heavy (non-hydrogen) atoms. The first-order valence-corrected chi connectivity index (χ1v) is 10.8. The number of carbonyl (C=O) groups is 3. The summed E-state index contributed by atoms with van der Waals surface area (Å²) >= 11 is 0. The molecule has 0 aromatic heterocycles. The van der Waals surface area contributed by atoms with Crippen molar-refractivity contribution in [1.82, 2.24) is 10.2 Å². The van der Waals surface area contributed by atoms with Crippen LogP contribution in [0.1, 0.15) is 45.2 Å². The molecule has 0 bridgehead atoms. The van der Waals surface area contributed by atoms with E-state index >= 15 is 0 Å². The summed E-state index contributed by atoms with van der Waals surface area (Å²) in [5.74, 6) is -1.13. The monoisotopic (exact) mass is 421 g/mol. The molecule has 1 saturated heterocycles. The molecule has 7 nitrogen and oxygen atoms in total. The lowest BCUT2D eigenvalue weighted by Gasteiger charge is -2.26. The highest BCUT2D eigenvalue weighted by Gasteiger charge is 2.36. The third-order valence-electron chi connectivity index (χ3n) is 6.23. The standard InChI is InChI=1S/C24H28N4O3/c1-26(2)18-11-9-17(10-12-18)21(27-13-5-6-14-27)15-25-22(29)16-28-23(30)19-7-3-4-8-20(19)24(28)31/h3-4,7-12,21H,5-6,13-16H2,1-2H3,(H,25,29)/p+1/t21-/m0/s1. The third kappa shape index (κ3) is 4.32. The molecule has 0 spiro atoms. The van der Waals surface area contributed by atoms with Crippen molar-refractivity contribution in [2.45, 2.75) is 18.9 Å². The van der Waals surface area contributed by atoms with Gasteiger partial charge in [0.1, 0.15) is 12.6 Å². The zero-order chi connectivity index (χ0) is 22.0. The van der Waals surface area contributed by atoms with E-state index in [-0.39, 0.29) is 18.5 Å². The predicted molar refractivity (Wildman–Crippen MR) is 118 cm³/mol. The van der Waals surface area contributed by atoms with Crippen LogP contribution in [-0.2, 0) is 4.79 Å². The van der Waals surface area contributed by atoms with Gasteiger partial charge in [0.2, 0.25) is 5.91 Å². The summed E-state index contributed by atoms with van der Waals surface area (Å²) in [4.78, 5) is 42.2. The van der Waals surface area contributed by atoms with Crippen LogP contribution in [0.2, 0.25) is 0 Å². The zero-order valence-electron chi connectivity index (χ0n) is 18.1. The van der Waals surface area contributed by atoms with E-state index in [1.165, 1.54) is 23.3 Å². The van der Waals surface area contributed by atoms with Crippen LogP contribution in [0.3, 0.4) is 0 Å². The van der Waals surface area contributed by atoms with Gasteiger partial charge >= 0.3 is 0 Å². The Morgan fingerprint density at radius 3 is 2.13 bits per heavy atom. The highest BCUT2D eigenvalue weighted by molar-refractivity contribution is 6.22. The minimum absolute atomic E-state index is 0.143. The number of carbonyl (C=O) groups excluding carboxylic acids is 3. The average Bonchev–Trinajstić information content (AvgIpc) is 3.38. The Hall–Kier alpha value is -3.19. The number of nitrogens with one attached hydrogen (secondary N) is 2. The van der Waals surface area contributed by atoms with E-state index in [4.69, 9.17) is 0 Å². The van der Waals surface area contributed by atoms with Gasteiger partial charge in [-0.2, -0.15) is 0 Å². The molecule has 162 valence electrons. The van der Waals surface area contributed by atoms with E-state index < -0.39 is 11.8 Å². The molecule has 0 saturated carbocycles. The molecule has 2 aliphatic heterocycles. The number of likely N-dealkylation sites (tertiary alicyclic amines) is 1. The predicted octanol–water partition coefficient (Wildman–Crippen LogP) is 0.885. The lowest BCUT2D eigenvalue weighted by atomic mass is 10.0. The van der Waals surface area contributed by atoms with Crippen molar-refractivity contribution in [1.29, 1.82) is 0 Å². The molecule has 0 radical (unpaired) electrons. The largest absolute Gasteiger partial charge is 0.378 e. The number of rotatable bonds is 7. The SMILES string of the molecule is CN(C)c1ccc([C@H](CNC(=O)CN2C(=O)c3ccccc3C2=O)[NH+]2CCCC2)cc1. The van der Waals surface area contributed by atoms with Crippen molar-refractivity contribution in [3.05, 3.63) is 65.2 Å². The topological polar surface area (TPSA) is 74.2 Å². The van der Waals surface area contributed by atoms with Gasteiger partial charge in [0.25, 0.3) is 11.8 Å². The van der Waals surface area contributed by atoms with E-state index in [9.17, 15) is 14.4 Å². The van der Waals surface area contributed by atoms with Crippen molar-refractivity contribution >= 4 is 23.4 Å². The van der Waals surface area contributed by atoms with Gasteiger partial charge in [-0.05, 0) is 24.3 Å². The Balaban J connectivity index is 1.42. The summed E-state index contributed by atoms with van der Waals surface area (Å²) in [5.41, 5.74) is 3.04. The lowest BCUT2D eigenvalue weighted by molar-refractivity contribution is -0.918. The second-order valence-corrected chi connectivity index (χ2v) is 8.45. The third-order valence-corrected chi connectivity index (χ3v) is 6.23. The molecule has 1 fully saturated rings. The normalized spacial score (nSPS) is 17.0. The maximum absolute atomic E-state index is 12.7. The van der Waals surface area contributed by atoms with Crippen molar-refractivity contribution in [3.63, 3.8) is 0 Å². The maximum Gasteiger partial charge on any atom is 0.262 e. The highest BCUT2D eigenvalue weighted by atomic mass is 16.2.